The minimum atomic E-state index is -0.192. The van der Waals surface area contributed by atoms with E-state index in [1.54, 1.807) is 6.33 Å². The average molecular weight is 679 g/mol. The van der Waals surface area contributed by atoms with Gasteiger partial charge in [0.1, 0.15) is 18.0 Å². The summed E-state index contributed by atoms with van der Waals surface area (Å²) in [6, 6.07) is 19.6. The van der Waals surface area contributed by atoms with Crippen molar-refractivity contribution in [2.45, 2.75) is 33.2 Å². The Kier molecular flexibility index (Phi) is 12.0. The Morgan fingerprint density at radius 3 is 2.54 bits per heavy atom. The molecule has 0 spiro atoms. The van der Waals surface area contributed by atoms with E-state index >= 15 is 0 Å². The smallest absolute Gasteiger partial charge is 0.255 e. The number of aromatic nitrogens is 4. The first-order valence-corrected chi connectivity index (χ1v) is 17.4. The summed E-state index contributed by atoms with van der Waals surface area (Å²) in [4.78, 5) is 27.1. The summed E-state index contributed by atoms with van der Waals surface area (Å²) in [6.07, 6.45) is 3.05. The van der Waals surface area contributed by atoms with Crippen LogP contribution in [0.2, 0.25) is 0 Å². The number of hydrogen-bond acceptors (Lipinski definition) is 11. The van der Waals surface area contributed by atoms with Crippen LogP contribution in [-0.2, 0) is 22.4 Å². The molecule has 2 saturated heterocycles. The molecular weight excluding hydrogens is 632 g/mol. The summed E-state index contributed by atoms with van der Waals surface area (Å²) in [6.45, 7) is 12.8. The lowest BCUT2D eigenvalue weighted by molar-refractivity contribution is 0.0336. The van der Waals surface area contributed by atoms with Crippen molar-refractivity contribution < 1.29 is 14.3 Å². The third-order valence-electron chi connectivity index (χ3n) is 8.99. The van der Waals surface area contributed by atoms with Gasteiger partial charge < -0.3 is 25.4 Å². The van der Waals surface area contributed by atoms with Crippen molar-refractivity contribution >= 4 is 28.9 Å². The Morgan fingerprint density at radius 2 is 1.76 bits per heavy atom. The number of benzene rings is 2. The highest BCUT2D eigenvalue weighted by Crippen LogP contribution is 2.28. The number of aryl methyl sites for hydroxylation is 2. The molecule has 3 N–H and O–H groups in total. The van der Waals surface area contributed by atoms with E-state index in [0.717, 1.165) is 99.5 Å². The number of nitrogens with one attached hydrogen (secondary N) is 3. The zero-order valence-corrected chi connectivity index (χ0v) is 28.9. The average Bonchev–Trinajstić information content (AvgIpc) is 3.54. The van der Waals surface area contributed by atoms with Gasteiger partial charge in [-0.15, -0.1) is 0 Å². The number of morpholine rings is 2. The standard InChI is InChI=1S/C37H46N10O3/c1-27(24-38)6-8-29-4-3-5-30(20-29)37(48)42-31-9-7-28(2)33(21-31)43-36-22-32(25-46-14-18-50-19-15-46)44-47(36)35-23-34(40-26-41-35)39-10-11-45-12-16-49-17-13-45/h3-5,7,9,20-23,26-27,43H,6,8,10-19,25H2,1-2H3,(H,42,48)(H,39,40,41). The number of ether oxygens (including phenoxy) is 2. The molecule has 2 aliphatic heterocycles. The third-order valence-corrected chi connectivity index (χ3v) is 8.99. The molecule has 1 amide bonds. The van der Waals surface area contributed by atoms with Crippen LogP contribution in [0.25, 0.3) is 5.82 Å². The quantitative estimate of drug-likeness (QED) is 0.172. The minimum absolute atomic E-state index is 0.0312. The molecule has 4 heterocycles. The van der Waals surface area contributed by atoms with Crippen molar-refractivity contribution in [2.24, 2.45) is 5.92 Å². The topological polar surface area (TPSA) is 145 Å². The molecule has 50 heavy (non-hydrogen) atoms. The van der Waals surface area contributed by atoms with Crippen molar-refractivity contribution in [3.63, 3.8) is 0 Å². The number of anilines is 4. The molecule has 6 rings (SSSR count). The fraction of sp³-hybridized carbons (Fsp3) is 0.432. The van der Waals surface area contributed by atoms with Gasteiger partial charge in [-0.2, -0.15) is 15.0 Å². The SMILES string of the molecule is Cc1ccc(NC(=O)c2cccc(CCC(C)C#N)c2)cc1Nc1cc(CN2CCOCC2)nn1-c1cc(NCCN2CCOCC2)ncn1. The number of hydrogen-bond donors (Lipinski definition) is 3. The van der Waals surface area contributed by atoms with Crippen LogP contribution in [0.4, 0.5) is 23.0 Å². The van der Waals surface area contributed by atoms with E-state index < -0.39 is 0 Å². The summed E-state index contributed by atoms with van der Waals surface area (Å²) in [5.41, 5.74) is 5.02. The van der Waals surface area contributed by atoms with Gasteiger partial charge in [-0.1, -0.05) is 18.2 Å². The molecule has 4 aromatic rings. The lowest BCUT2D eigenvalue weighted by atomic mass is 10.0. The summed E-state index contributed by atoms with van der Waals surface area (Å²) in [5, 5.41) is 24.2. The van der Waals surface area contributed by atoms with Crippen LogP contribution in [-0.4, -0.2) is 101 Å². The van der Waals surface area contributed by atoms with E-state index in [9.17, 15) is 4.79 Å². The van der Waals surface area contributed by atoms with Crippen molar-refractivity contribution in [3.8, 4) is 11.9 Å². The molecule has 0 bridgehead atoms. The lowest BCUT2D eigenvalue weighted by Gasteiger charge is -2.26. The van der Waals surface area contributed by atoms with Crippen LogP contribution >= 0.6 is 0 Å². The first-order valence-electron chi connectivity index (χ1n) is 17.4. The Balaban J connectivity index is 1.19. The van der Waals surface area contributed by atoms with Crippen molar-refractivity contribution in [3.05, 3.63) is 83.3 Å². The molecule has 13 nitrogen and oxygen atoms in total. The second kappa shape index (κ2) is 17.2. The number of rotatable bonds is 14. The zero-order valence-electron chi connectivity index (χ0n) is 28.9. The molecule has 2 fully saturated rings. The predicted molar refractivity (Wildman–Crippen MR) is 193 cm³/mol. The molecule has 0 saturated carbocycles. The van der Waals surface area contributed by atoms with E-state index in [-0.39, 0.29) is 11.8 Å². The third kappa shape index (κ3) is 9.64. The zero-order chi connectivity index (χ0) is 34.7. The predicted octanol–water partition coefficient (Wildman–Crippen LogP) is 4.64. The Hall–Kier alpha value is -4.87. The van der Waals surface area contributed by atoms with Crippen LogP contribution in [0.1, 0.15) is 40.5 Å². The van der Waals surface area contributed by atoms with Crippen molar-refractivity contribution in [1.29, 1.82) is 5.26 Å². The van der Waals surface area contributed by atoms with Crippen LogP contribution in [0.3, 0.4) is 0 Å². The van der Waals surface area contributed by atoms with E-state index in [1.165, 1.54) is 0 Å². The maximum Gasteiger partial charge on any atom is 0.255 e. The number of nitrogens with zero attached hydrogens (tertiary/aromatic N) is 7. The Bertz CT molecular complexity index is 1780. The van der Waals surface area contributed by atoms with Gasteiger partial charge in [0.2, 0.25) is 0 Å². The summed E-state index contributed by atoms with van der Waals surface area (Å²) in [5.74, 6) is 1.88. The van der Waals surface area contributed by atoms with Gasteiger partial charge >= 0.3 is 0 Å². The minimum Gasteiger partial charge on any atom is -0.379 e. The van der Waals surface area contributed by atoms with E-state index in [2.05, 4.69) is 41.8 Å². The van der Waals surface area contributed by atoms with Crippen LogP contribution in [0.15, 0.2) is 60.9 Å². The highest BCUT2D eigenvalue weighted by Gasteiger charge is 2.18. The fourth-order valence-corrected chi connectivity index (χ4v) is 5.98. The van der Waals surface area contributed by atoms with Crippen LogP contribution in [0.5, 0.6) is 0 Å². The number of carbonyl (C=O) groups excluding carboxylic acids is 1. The maximum absolute atomic E-state index is 13.3. The first kappa shape index (κ1) is 35.0. The van der Waals surface area contributed by atoms with Gasteiger partial charge in [-0.05, 0) is 62.1 Å². The van der Waals surface area contributed by atoms with Gasteiger partial charge in [0.15, 0.2) is 5.82 Å². The largest absolute Gasteiger partial charge is 0.379 e. The maximum atomic E-state index is 13.3. The highest BCUT2D eigenvalue weighted by atomic mass is 16.5. The molecule has 2 aromatic carbocycles. The van der Waals surface area contributed by atoms with Gasteiger partial charge in [0.05, 0.1) is 38.2 Å². The number of carbonyl (C=O) groups is 1. The van der Waals surface area contributed by atoms with Crippen LogP contribution in [0, 0.1) is 24.2 Å². The second-order valence-corrected chi connectivity index (χ2v) is 12.8. The van der Waals surface area contributed by atoms with E-state index in [4.69, 9.17) is 19.8 Å². The molecular formula is C37H46N10O3. The fourth-order valence-electron chi connectivity index (χ4n) is 5.98. The van der Waals surface area contributed by atoms with Gasteiger partial charge in [0, 0.05) is 80.8 Å². The van der Waals surface area contributed by atoms with Crippen molar-refractivity contribution in [2.75, 3.05) is 81.6 Å². The van der Waals surface area contributed by atoms with E-state index in [1.807, 2.05) is 73.1 Å². The Morgan fingerprint density at radius 1 is 0.980 bits per heavy atom. The Labute approximate surface area is 293 Å². The molecule has 1 atom stereocenters. The molecule has 0 aliphatic carbocycles. The summed E-state index contributed by atoms with van der Waals surface area (Å²) < 4.78 is 12.8. The molecule has 0 radical (unpaired) electrons. The molecule has 1 unspecified atom stereocenters. The molecule has 262 valence electrons. The molecule has 13 heteroatoms. The first-order chi connectivity index (χ1) is 24.4. The van der Waals surface area contributed by atoms with Gasteiger partial charge in [-0.25, -0.2) is 9.97 Å². The second-order valence-electron chi connectivity index (χ2n) is 12.8. The summed E-state index contributed by atoms with van der Waals surface area (Å²) >= 11 is 0. The van der Waals surface area contributed by atoms with E-state index in [0.29, 0.717) is 36.8 Å². The lowest BCUT2D eigenvalue weighted by Crippen LogP contribution is -2.39. The monoisotopic (exact) mass is 678 g/mol. The van der Waals surface area contributed by atoms with Crippen molar-refractivity contribution in [1.82, 2.24) is 29.5 Å². The van der Waals surface area contributed by atoms with Gasteiger partial charge in [0.25, 0.3) is 5.91 Å². The molecule has 2 aliphatic rings. The van der Waals surface area contributed by atoms with Crippen LogP contribution < -0.4 is 16.0 Å². The highest BCUT2D eigenvalue weighted by molar-refractivity contribution is 6.04. The normalized spacial score (nSPS) is 16.0. The summed E-state index contributed by atoms with van der Waals surface area (Å²) in [7, 11) is 0. The van der Waals surface area contributed by atoms with Gasteiger partial charge in [-0.3, -0.25) is 14.6 Å². The number of amides is 1. The number of nitriles is 1. The molecule has 2 aromatic heterocycles.